The van der Waals surface area contributed by atoms with Crippen LogP contribution in [0.2, 0.25) is 0 Å². The molecular formula is C18H30Cl2N2O4. The predicted octanol–water partition coefficient (Wildman–Crippen LogP) is 2.63. The van der Waals surface area contributed by atoms with Crippen molar-refractivity contribution in [3.8, 4) is 17.2 Å². The number of nitrogens with one attached hydrogen (secondary N) is 1. The van der Waals surface area contributed by atoms with Gasteiger partial charge in [-0.25, -0.2) is 0 Å². The largest absolute Gasteiger partial charge is 0.507 e. The van der Waals surface area contributed by atoms with Crippen LogP contribution in [0.3, 0.4) is 0 Å². The highest BCUT2D eigenvalue weighted by atomic mass is 35.5. The number of halogens is 2. The molecule has 2 N–H and O–H groups in total. The Morgan fingerprint density at radius 3 is 2.35 bits per heavy atom. The highest BCUT2D eigenvalue weighted by Gasteiger charge is 2.35. The van der Waals surface area contributed by atoms with Gasteiger partial charge in [0.15, 0.2) is 0 Å². The van der Waals surface area contributed by atoms with E-state index in [0.29, 0.717) is 17.4 Å². The third kappa shape index (κ3) is 5.08. The average molecular weight is 409 g/mol. The van der Waals surface area contributed by atoms with Crippen LogP contribution in [0.1, 0.15) is 24.4 Å². The van der Waals surface area contributed by atoms with Crippen molar-refractivity contribution in [2.24, 2.45) is 5.92 Å². The number of piperazine rings is 1. The monoisotopic (exact) mass is 408 g/mol. The normalized spacial score (nSPS) is 19.8. The van der Waals surface area contributed by atoms with Gasteiger partial charge in [-0.15, -0.1) is 24.8 Å². The summed E-state index contributed by atoms with van der Waals surface area (Å²) in [4.78, 5) is 2.47. The number of aromatic hydroxyl groups is 1. The maximum atomic E-state index is 10.7. The Balaban J connectivity index is 0.00000169. The van der Waals surface area contributed by atoms with E-state index in [4.69, 9.17) is 14.2 Å². The summed E-state index contributed by atoms with van der Waals surface area (Å²) >= 11 is 0. The summed E-state index contributed by atoms with van der Waals surface area (Å²) in [6.07, 6.45) is 2.01. The maximum Gasteiger partial charge on any atom is 0.131 e. The zero-order chi connectivity index (χ0) is 16.9. The number of rotatable bonds is 5. The number of hydrogen-bond acceptors (Lipinski definition) is 6. The molecule has 1 atom stereocenters. The quantitative estimate of drug-likeness (QED) is 0.780. The molecule has 0 bridgehead atoms. The first-order valence-electron chi connectivity index (χ1n) is 8.72. The second-order valence-corrected chi connectivity index (χ2v) is 6.44. The molecule has 0 spiro atoms. The van der Waals surface area contributed by atoms with Crippen LogP contribution >= 0.6 is 24.8 Å². The molecule has 0 saturated carbocycles. The first-order valence-corrected chi connectivity index (χ1v) is 8.72. The topological polar surface area (TPSA) is 63.2 Å². The van der Waals surface area contributed by atoms with E-state index in [1.54, 1.807) is 20.3 Å². The van der Waals surface area contributed by atoms with Crippen molar-refractivity contribution in [2.75, 3.05) is 53.6 Å². The molecule has 26 heavy (non-hydrogen) atoms. The minimum Gasteiger partial charge on any atom is -0.507 e. The van der Waals surface area contributed by atoms with Gasteiger partial charge in [-0.1, -0.05) is 0 Å². The first kappa shape index (κ1) is 23.1. The van der Waals surface area contributed by atoms with Crippen molar-refractivity contribution in [3.63, 3.8) is 0 Å². The summed E-state index contributed by atoms with van der Waals surface area (Å²) in [6, 6.07) is 3.69. The minimum absolute atomic E-state index is 0. The molecule has 0 unspecified atom stereocenters. The van der Waals surface area contributed by atoms with Crippen LogP contribution in [0, 0.1) is 5.92 Å². The second kappa shape index (κ2) is 11.0. The summed E-state index contributed by atoms with van der Waals surface area (Å²) in [7, 11) is 3.25. The van der Waals surface area contributed by atoms with Crippen molar-refractivity contribution < 1.29 is 19.3 Å². The van der Waals surface area contributed by atoms with Crippen molar-refractivity contribution in [1.82, 2.24) is 10.2 Å². The van der Waals surface area contributed by atoms with Gasteiger partial charge in [0.05, 0.1) is 19.8 Å². The fourth-order valence-corrected chi connectivity index (χ4v) is 3.88. The molecular weight excluding hydrogens is 379 g/mol. The molecule has 0 amide bonds. The number of phenolic OH excluding ortho intramolecular Hbond substituents is 1. The molecule has 8 heteroatoms. The SMILES string of the molecule is COc1cc(O)c([C@@H](C2CCOCC2)N2CCNCC2)c(OC)c1.Cl.Cl. The summed E-state index contributed by atoms with van der Waals surface area (Å²) < 4.78 is 16.4. The summed E-state index contributed by atoms with van der Waals surface area (Å²) in [5, 5.41) is 14.1. The number of hydrogen-bond donors (Lipinski definition) is 2. The highest BCUT2D eigenvalue weighted by Crippen LogP contribution is 2.45. The average Bonchev–Trinajstić information content (AvgIpc) is 2.64. The number of nitrogens with zero attached hydrogens (tertiary/aromatic N) is 1. The van der Waals surface area contributed by atoms with Crippen LogP contribution in [-0.4, -0.2) is 63.6 Å². The van der Waals surface area contributed by atoms with Gasteiger partial charge in [0.2, 0.25) is 0 Å². The van der Waals surface area contributed by atoms with E-state index in [0.717, 1.165) is 57.8 Å². The highest BCUT2D eigenvalue weighted by molar-refractivity contribution is 5.85. The molecule has 2 aliphatic rings. The summed E-state index contributed by atoms with van der Waals surface area (Å²) in [5.41, 5.74) is 0.882. The fourth-order valence-electron chi connectivity index (χ4n) is 3.88. The lowest BCUT2D eigenvalue weighted by molar-refractivity contribution is 0.0199. The number of ether oxygens (including phenoxy) is 3. The van der Waals surface area contributed by atoms with Gasteiger partial charge in [0.25, 0.3) is 0 Å². The van der Waals surface area contributed by atoms with Crippen molar-refractivity contribution >= 4 is 24.8 Å². The molecule has 2 aliphatic heterocycles. The van der Waals surface area contributed by atoms with Crippen LogP contribution < -0.4 is 14.8 Å². The van der Waals surface area contributed by atoms with Crippen molar-refractivity contribution in [3.05, 3.63) is 17.7 Å². The van der Waals surface area contributed by atoms with Gasteiger partial charge in [-0.2, -0.15) is 0 Å². The molecule has 0 aromatic heterocycles. The number of methoxy groups -OCH3 is 2. The maximum absolute atomic E-state index is 10.7. The Morgan fingerprint density at radius 1 is 1.12 bits per heavy atom. The van der Waals surface area contributed by atoms with E-state index in [2.05, 4.69) is 10.2 Å². The molecule has 0 radical (unpaired) electrons. The van der Waals surface area contributed by atoms with Gasteiger partial charge in [0, 0.05) is 57.6 Å². The van der Waals surface area contributed by atoms with E-state index in [1.807, 2.05) is 6.07 Å². The molecule has 3 rings (SSSR count). The molecule has 1 aromatic carbocycles. The predicted molar refractivity (Wildman–Crippen MR) is 106 cm³/mol. The Bertz CT molecular complexity index is 532. The van der Waals surface area contributed by atoms with E-state index in [9.17, 15) is 5.11 Å². The van der Waals surface area contributed by atoms with E-state index in [-0.39, 0.29) is 36.6 Å². The van der Waals surface area contributed by atoms with Crippen LogP contribution in [-0.2, 0) is 4.74 Å². The zero-order valence-corrected chi connectivity index (χ0v) is 17.0. The van der Waals surface area contributed by atoms with Gasteiger partial charge < -0.3 is 24.6 Å². The Labute approximate surface area is 168 Å². The molecule has 150 valence electrons. The van der Waals surface area contributed by atoms with Gasteiger partial charge in [0.1, 0.15) is 17.2 Å². The molecule has 2 fully saturated rings. The lowest BCUT2D eigenvalue weighted by atomic mass is 9.84. The third-order valence-electron chi connectivity index (χ3n) is 5.10. The third-order valence-corrected chi connectivity index (χ3v) is 5.10. The molecule has 6 nitrogen and oxygen atoms in total. The van der Waals surface area contributed by atoms with Crippen LogP contribution in [0.4, 0.5) is 0 Å². The van der Waals surface area contributed by atoms with Gasteiger partial charge in [-0.05, 0) is 18.8 Å². The molecule has 1 aromatic rings. The smallest absolute Gasteiger partial charge is 0.131 e. The van der Waals surface area contributed by atoms with Crippen molar-refractivity contribution in [2.45, 2.75) is 18.9 Å². The lowest BCUT2D eigenvalue weighted by Gasteiger charge is -2.41. The fraction of sp³-hybridized carbons (Fsp3) is 0.667. The standard InChI is InChI=1S/C18H28N2O4.2ClH/c1-22-14-11-15(21)17(16(12-14)23-2)18(13-3-9-24-10-4-13)20-7-5-19-6-8-20;;/h11-13,18-19,21H,3-10H2,1-2H3;2*1H/t18-;;/m1../s1. The molecule has 2 saturated heterocycles. The zero-order valence-electron chi connectivity index (χ0n) is 15.4. The van der Waals surface area contributed by atoms with Crippen LogP contribution in [0.25, 0.3) is 0 Å². The molecule has 0 aliphatic carbocycles. The van der Waals surface area contributed by atoms with E-state index < -0.39 is 0 Å². The van der Waals surface area contributed by atoms with Gasteiger partial charge >= 0.3 is 0 Å². The lowest BCUT2D eigenvalue weighted by Crippen LogP contribution is -2.47. The van der Waals surface area contributed by atoms with Crippen LogP contribution in [0.5, 0.6) is 17.2 Å². The van der Waals surface area contributed by atoms with E-state index in [1.165, 1.54) is 0 Å². The Morgan fingerprint density at radius 2 is 1.77 bits per heavy atom. The second-order valence-electron chi connectivity index (χ2n) is 6.44. The Hall–Kier alpha value is -0.920. The number of benzene rings is 1. The minimum atomic E-state index is 0. The van der Waals surface area contributed by atoms with Gasteiger partial charge in [-0.3, -0.25) is 4.90 Å². The van der Waals surface area contributed by atoms with Crippen molar-refractivity contribution in [1.29, 1.82) is 0 Å². The summed E-state index contributed by atoms with van der Waals surface area (Å²) in [6.45, 7) is 5.45. The van der Waals surface area contributed by atoms with Crippen LogP contribution in [0.15, 0.2) is 12.1 Å². The summed E-state index contributed by atoms with van der Waals surface area (Å²) in [5.74, 6) is 2.01. The first-order chi connectivity index (χ1) is 11.7. The van der Waals surface area contributed by atoms with E-state index >= 15 is 0 Å². The number of phenols is 1. The molecule has 2 heterocycles. The Kier molecular flexibility index (Phi) is 9.82.